The number of hydrogen-bond acceptors (Lipinski definition) is 3. The first kappa shape index (κ1) is 12.1. The highest BCUT2D eigenvalue weighted by Gasteiger charge is 2.57. The summed E-state index contributed by atoms with van der Waals surface area (Å²) in [5, 5.41) is 8.44. The molecule has 0 radical (unpaired) electrons. The molecule has 3 atom stereocenters. The fourth-order valence-electron chi connectivity index (χ4n) is 2.34. The lowest BCUT2D eigenvalue weighted by molar-refractivity contribution is 0.599. The molecule has 0 spiro atoms. The maximum Gasteiger partial charge on any atom is 0.152 e. The SMILES string of the molecule is CCc1ccc([C@@H]2[C@@H](C#N)[C@@H]2S(C)(=O)=O)cc1. The molecule has 1 fully saturated rings. The lowest BCUT2D eigenvalue weighted by Gasteiger charge is -2.01. The summed E-state index contributed by atoms with van der Waals surface area (Å²) >= 11 is 0. The Morgan fingerprint density at radius 3 is 2.24 bits per heavy atom. The zero-order chi connectivity index (χ0) is 12.6. The van der Waals surface area contributed by atoms with Crippen LogP contribution in [-0.4, -0.2) is 19.9 Å². The zero-order valence-electron chi connectivity index (χ0n) is 9.92. The minimum Gasteiger partial charge on any atom is -0.229 e. The molecular formula is C13H15NO2S. The maximum absolute atomic E-state index is 11.5. The average molecular weight is 249 g/mol. The standard InChI is InChI=1S/C13H15NO2S/c1-3-9-4-6-10(7-5-9)12-11(8-14)13(12)17(2,15)16/h4-7,11-13H,3H2,1-2H3/t11-,12-,13+/m1/s1. The predicted molar refractivity (Wildman–Crippen MR) is 66.3 cm³/mol. The van der Waals surface area contributed by atoms with Crippen LogP contribution in [0.25, 0.3) is 0 Å². The second-order valence-corrected chi connectivity index (χ2v) is 6.77. The molecule has 0 amide bonds. The third-order valence-electron chi connectivity index (χ3n) is 3.37. The molecule has 4 heteroatoms. The van der Waals surface area contributed by atoms with Crippen molar-refractivity contribution in [2.24, 2.45) is 5.92 Å². The third-order valence-corrected chi connectivity index (χ3v) is 4.95. The molecular weight excluding hydrogens is 234 g/mol. The quantitative estimate of drug-likeness (QED) is 0.822. The van der Waals surface area contributed by atoms with E-state index in [2.05, 4.69) is 13.0 Å². The Hall–Kier alpha value is -1.34. The van der Waals surface area contributed by atoms with Gasteiger partial charge in [0.15, 0.2) is 9.84 Å². The van der Waals surface area contributed by atoms with Gasteiger partial charge in [-0.1, -0.05) is 31.2 Å². The fourth-order valence-corrected chi connectivity index (χ4v) is 3.87. The second kappa shape index (κ2) is 4.15. The molecule has 3 nitrogen and oxygen atoms in total. The number of benzene rings is 1. The smallest absolute Gasteiger partial charge is 0.152 e. The lowest BCUT2D eigenvalue weighted by Crippen LogP contribution is -2.06. The Kier molecular flexibility index (Phi) is 2.96. The van der Waals surface area contributed by atoms with Crippen molar-refractivity contribution < 1.29 is 8.42 Å². The van der Waals surface area contributed by atoms with Crippen LogP contribution in [0.4, 0.5) is 0 Å². The van der Waals surface area contributed by atoms with Gasteiger partial charge < -0.3 is 0 Å². The van der Waals surface area contributed by atoms with E-state index in [-0.39, 0.29) is 11.8 Å². The first-order valence-corrected chi connectivity index (χ1v) is 7.61. The molecule has 1 aromatic rings. The van der Waals surface area contributed by atoms with Crippen molar-refractivity contribution >= 4 is 9.84 Å². The van der Waals surface area contributed by atoms with Crippen LogP contribution in [0.2, 0.25) is 0 Å². The van der Waals surface area contributed by atoms with Crippen LogP contribution in [0.3, 0.4) is 0 Å². The van der Waals surface area contributed by atoms with E-state index in [9.17, 15) is 8.42 Å². The van der Waals surface area contributed by atoms with E-state index in [1.54, 1.807) is 0 Å². The Bertz CT molecular complexity index is 554. The van der Waals surface area contributed by atoms with Crippen molar-refractivity contribution in [3.05, 3.63) is 35.4 Å². The van der Waals surface area contributed by atoms with Gasteiger partial charge in [0.1, 0.15) is 0 Å². The molecule has 2 rings (SSSR count). The molecule has 0 heterocycles. The summed E-state index contributed by atoms with van der Waals surface area (Å²) in [5.74, 6) is -0.515. The minimum absolute atomic E-state index is 0.138. The van der Waals surface area contributed by atoms with Gasteiger partial charge in [-0.25, -0.2) is 8.42 Å². The monoisotopic (exact) mass is 249 g/mol. The number of hydrogen-bond donors (Lipinski definition) is 0. The van der Waals surface area contributed by atoms with Gasteiger partial charge in [-0.2, -0.15) is 5.26 Å². The van der Waals surface area contributed by atoms with E-state index in [1.165, 1.54) is 11.8 Å². The van der Waals surface area contributed by atoms with Gasteiger partial charge in [-0.05, 0) is 17.5 Å². The van der Waals surface area contributed by atoms with Crippen LogP contribution in [0.1, 0.15) is 24.0 Å². The van der Waals surface area contributed by atoms with Gasteiger partial charge in [-0.15, -0.1) is 0 Å². The highest BCUT2D eigenvalue weighted by molar-refractivity contribution is 7.91. The molecule has 1 aliphatic rings. The van der Waals surface area contributed by atoms with Crippen molar-refractivity contribution in [1.82, 2.24) is 0 Å². The summed E-state index contributed by atoms with van der Waals surface area (Å²) in [6, 6.07) is 9.98. The molecule has 1 saturated carbocycles. The van der Waals surface area contributed by atoms with Gasteiger partial charge in [-0.3, -0.25) is 0 Å². The van der Waals surface area contributed by atoms with Crippen molar-refractivity contribution in [3.63, 3.8) is 0 Å². The summed E-state index contributed by atoms with van der Waals surface area (Å²) in [4.78, 5) is 0. The first-order chi connectivity index (χ1) is 7.99. The van der Waals surface area contributed by atoms with Gasteiger partial charge in [0.05, 0.1) is 17.2 Å². The van der Waals surface area contributed by atoms with E-state index >= 15 is 0 Å². The summed E-state index contributed by atoms with van der Waals surface area (Å²) in [5.41, 5.74) is 2.18. The first-order valence-electron chi connectivity index (χ1n) is 5.66. The van der Waals surface area contributed by atoms with Crippen LogP contribution in [0.15, 0.2) is 24.3 Å². The van der Waals surface area contributed by atoms with Crippen molar-refractivity contribution in [3.8, 4) is 6.07 Å². The van der Waals surface area contributed by atoms with Gasteiger partial charge >= 0.3 is 0 Å². The zero-order valence-corrected chi connectivity index (χ0v) is 10.7. The number of rotatable bonds is 3. The van der Waals surface area contributed by atoms with Gasteiger partial charge in [0.2, 0.25) is 0 Å². The van der Waals surface area contributed by atoms with Gasteiger partial charge in [0, 0.05) is 12.2 Å². The van der Waals surface area contributed by atoms with E-state index in [0.717, 1.165) is 12.0 Å². The highest BCUT2D eigenvalue weighted by atomic mass is 32.2. The van der Waals surface area contributed by atoms with Crippen LogP contribution in [-0.2, 0) is 16.3 Å². The minimum atomic E-state index is -3.13. The number of aryl methyl sites for hydroxylation is 1. The largest absolute Gasteiger partial charge is 0.229 e. The van der Waals surface area contributed by atoms with Crippen LogP contribution >= 0.6 is 0 Å². The predicted octanol–water partition coefficient (Wildman–Crippen LogP) is 1.90. The number of sulfone groups is 1. The molecule has 0 bridgehead atoms. The normalized spacial score (nSPS) is 27.5. The molecule has 0 N–H and O–H groups in total. The molecule has 1 aromatic carbocycles. The highest BCUT2D eigenvalue weighted by Crippen LogP contribution is 2.51. The topological polar surface area (TPSA) is 57.9 Å². The lowest BCUT2D eigenvalue weighted by atomic mass is 10.1. The van der Waals surface area contributed by atoms with E-state index in [4.69, 9.17) is 5.26 Å². The molecule has 0 aliphatic heterocycles. The molecule has 1 aliphatic carbocycles. The summed E-state index contributed by atoms with van der Waals surface area (Å²) in [7, 11) is -3.13. The molecule has 0 saturated heterocycles. The summed E-state index contributed by atoms with van der Waals surface area (Å²) in [6.45, 7) is 2.07. The Labute approximate surface area is 102 Å². The van der Waals surface area contributed by atoms with Crippen molar-refractivity contribution in [2.45, 2.75) is 24.5 Å². The summed E-state index contributed by atoms with van der Waals surface area (Å²) < 4.78 is 23.0. The molecule has 0 unspecified atom stereocenters. The average Bonchev–Trinajstić information content (AvgIpc) is 3.03. The van der Waals surface area contributed by atoms with E-state index < -0.39 is 15.1 Å². The van der Waals surface area contributed by atoms with Crippen LogP contribution < -0.4 is 0 Å². The fraction of sp³-hybridized carbons (Fsp3) is 0.462. The maximum atomic E-state index is 11.5. The third kappa shape index (κ3) is 2.20. The van der Waals surface area contributed by atoms with E-state index in [1.807, 2.05) is 24.3 Å². The number of nitrogens with zero attached hydrogens (tertiary/aromatic N) is 1. The Morgan fingerprint density at radius 1 is 1.29 bits per heavy atom. The molecule has 90 valence electrons. The van der Waals surface area contributed by atoms with E-state index in [0.29, 0.717) is 0 Å². The molecule has 17 heavy (non-hydrogen) atoms. The Balaban J connectivity index is 2.27. The van der Waals surface area contributed by atoms with Crippen LogP contribution in [0.5, 0.6) is 0 Å². The summed E-state index contributed by atoms with van der Waals surface area (Å²) in [6.07, 6.45) is 2.17. The second-order valence-electron chi connectivity index (χ2n) is 4.57. The van der Waals surface area contributed by atoms with Crippen molar-refractivity contribution in [2.75, 3.05) is 6.26 Å². The molecule has 0 aromatic heterocycles. The van der Waals surface area contributed by atoms with Crippen LogP contribution in [0, 0.1) is 17.2 Å². The van der Waals surface area contributed by atoms with Crippen molar-refractivity contribution in [1.29, 1.82) is 5.26 Å². The van der Waals surface area contributed by atoms with Gasteiger partial charge in [0.25, 0.3) is 0 Å². The Morgan fingerprint density at radius 2 is 1.88 bits per heavy atom. The number of nitriles is 1.